The number of carbonyl (C=O) groups excluding carboxylic acids is 1. The van der Waals surface area contributed by atoms with Crippen LogP contribution in [0, 0.1) is 0 Å². The molecule has 1 atom stereocenters. The molecule has 1 aliphatic heterocycles. The lowest BCUT2D eigenvalue weighted by atomic mass is 10.1. The Morgan fingerprint density at radius 2 is 2.04 bits per heavy atom. The highest BCUT2D eigenvalue weighted by atomic mass is 32.1. The molecule has 4 N–H and O–H groups in total. The Morgan fingerprint density at radius 3 is 2.85 bits per heavy atom. The maximum absolute atomic E-state index is 12.2. The van der Waals surface area contributed by atoms with Crippen LogP contribution < -0.4 is 16.4 Å². The van der Waals surface area contributed by atoms with Crippen molar-refractivity contribution >= 4 is 39.5 Å². The summed E-state index contributed by atoms with van der Waals surface area (Å²) in [6.07, 6.45) is 1.80. The number of hydrogen-bond acceptors (Lipinski definition) is 5. The number of nitrogens with two attached hydrogens (primary N) is 1. The van der Waals surface area contributed by atoms with Gasteiger partial charge in [0, 0.05) is 6.54 Å². The van der Waals surface area contributed by atoms with Gasteiger partial charge in [-0.05, 0) is 29.3 Å². The highest BCUT2D eigenvalue weighted by Gasteiger charge is 2.23. The molecule has 6 nitrogen and oxygen atoms in total. The number of thiazole rings is 1. The van der Waals surface area contributed by atoms with Crippen LogP contribution in [0.15, 0.2) is 64.7 Å². The van der Waals surface area contributed by atoms with Crippen LogP contribution in [0.1, 0.15) is 17.2 Å². The summed E-state index contributed by atoms with van der Waals surface area (Å²) in [5.74, 6) is 0.205. The minimum absolute atomic E-state index is 0.211. The predicted molar refractivity (Wildman–Crippen MR) is 105 cm³/mol. The lowest BCUT2D eigenvalue weighted by Crippen LogP contribution is -2.27. The van der Waals surface area contributed by atoms with Crippen LogP contribution in [0.5, 0.6) is 0 Å². The number of guanidine groups is 1. The van der Waals surface area contributed by atoms with Crippen LogP contribution in [0.3, 0.4) is 0 Å². The first-order valence-electron chi connectivity index (χ1n) is 8.19. The minimum atomic E-state index is -0.216. The number of nitrogens with zero attached hydrogens (tertiary/aromatic N) is 2. The Balaban J connectivity index is 1.57. The van der Waals surface area contributed by atoms with Crippen molar-refractivity contribution in [3.05, 3.63) is 70.9 Å². The second kappa shape index (κ2) is 7.07. The first-order chi connectivity index (χ1) is 12.7. The third-order valence-electron chi connectivity index (χ3n) is 4.09. The number of aromatic nitrogens is 1. The molecule has 2 aromatic carbocycles. The van der Waals surface area contributed by atoms with Gasteiger partial charge in [0.15, 0.2) is 0 Å². The van der Waals surface area contributed by atoms with E-state index in [1.807, 2.05) is 54.0 Å². The van der Waals surface area contributed by atoms with Gasteiger partial charge in [-0.3, -0.25) is 10.1 Å². The van der Waals surface area contributed by atoms with E-state index < -0.39 is 0 Å². The summed E-state index contributed by atoms with van der Waals surface area (Å²) in [5, 5.41) is 5.81. The molecule has 0 radical (unpaired) electrons. The van der Waals surface area contributed by atoms with Crippen LogP contribution in [0.4, 0.5) is 0 Å². The lowest BCUT2D eigenvalue weighted by molar-refractivity contribution is -0.115. The molecule has 1 aliphatic rings. The molecular formula is C19H17N5OS. The fourth-order valence-corrected chi connectivity index (χ4v) is 3.50. The molecule has 3 aromatic rings. The molecule has 0 spiro atoms. The lowest BCUT2D eigenvalue weighted by Gasteiger charge is -2.11. The molecule has 0 bridgehead atoms. The van der Waals surface area contributed by atoms with Crippen LogP contribution in [0.25, 0.3) is 16.3 Å². The van der Waals surface area contributed by atoms with Crippen molar-refractivity contribution in [3.63, 3.8) is 0 Å². The molecule has 1 fully saturated rings. The molecule has 0 saturated carbocycles. The van der Waals surface area contributed by atoms with E-state index >= 15 is 0 Å². The summed E-state index contributed by atoms with van der Waals surface area (Å²) < 4.78 is 1.08. The van der Waals surface area contributed by atoms with E-state index in [4.69, 9.17) is 5.73 Å². The predicted octanol–water partition coefficient (Wildman–Crippen LogP) is 2.41. The van der Waals surface area contributed by atoms with Gasteiger partial charge in [-0.1, -0.05) is 36.4 Å². The molecule has 2 heterocycles. The van der Waals surface area contributed by atoms with Gasteiger partial charge in [0.25, 0.3) is 5.91 Å². The molecule has 0 aliphatic carbocycles. The zero-order chi connectivity index (χ0) is 17.9. The molecule has 0 unspecified atom stereocenters. The third kappa shape index (κ3) is 3.35. The number of rotatable bonds is 4. The molecule has 7 heteroatoms. The average Bonchev–Trinajstić information content (AvgIpc) is 3.26. The van der Waals surface area contributed by atoms with E-state index in [0.717, 1.165) is 21.3 Å². The molecule has 26 heavy (non-hydrogen) atoms. The Bertz CT molecular complexity index is 1010. The Labute approximate surface area is 154 Å². The Kier molecular flexibility index (Phi) is 4.47. The van der Waals surface area contributed by atoms with Gasteiger partial charge in [-0.15, -0.1) is 11.3 Å². The summed E-state index contributed by atoms with van der Waals surface area (Å²) in [5.41, 5.74) is 11.0. The van der Waals surface area contributed by atoms with Crippen molar-refractivity contribution in [2.24, 2.45) is 10.7 Å². The fourth-order valence-electron chi connectivity index (χ4n) is 2.78. The van der Waals surface area contributed by atoms with Gasteiger partial charge in [0.05, 0.1) is 21.8 Å². The summed E-state index contributed by atoms with van der Waals surface area (Å²) in [6, 6.07) is 15.5. The van der Waals surface area contributed by atoms with E-state index in [0.29, 0.717) is 18.2 Å². The number of fused-ring (bicyclic) bond motifs is 1. The Hall–Kier alpha value is -3.03. The first-order valence-corrected chi connectivity index (χ1v) is 9.07. The van der Waals surface area contributed by atoms with E-state index in [2.05, 4.69) is 20.6 Å². The second-order valence-corrected chi connectivity index (χ2v) is 6.74. The van der Waals surface area contributed by atoms with E-state index in [1.54, 1.807) is 17.4 Å². The van der Waals surface area contributed by atoms with E-state index in [1.165, 1.54) is 0 Å². The van der Waals surface area contributed by atoms with E-state index in [9.17, 15) is 4.79 Å². The van der Waals surface area contributed by atoms with Gasteiger partial charge in [0.2, 0.25) is 5.96 Å². The monoisotopic (exact) mass is 363 g/mol. The van der Waals surface area contributed by atoms with Gasteiger partial charge < -0.3 is 11.1 Å². The van der Waals surface area contributed by atoms with Crippen molar-refractivity contribution in [2.75, 3.05) is 6.54 Å². The zero-order valence-electron chi connectivity index (χ0n) is 13.8. The molecular weight excluding hydrogens is 346 g/mol. The van der Waals surface area contributed by atoms with Crippen molar-refractivity contribution < 1.29 is 4.79 Å². The number of carbonyl (C=O) groups is 1. The van der Waals surface area contributed by atoms with Gasteiger partial charge >= 0.3 is 0 Å². The maximum Gasteiger partial charge on any atom is 0.274 e. The minimum Gasteiger partial charge on any atom is -0.328 e. The molecule has 1 saturated heterocycles. The number of hydrogen-bond donors (Lipinski definition) is 3. The maximum atomic E-state index is 12.2. The van der Waals surface area contributed by atoms with Gasteiger partial charge in [0.1, 0.15) is 5.70 Å². The van der Waals surface area contributed by atoms with Gasteiger partial charge in [-0.2, -0.15) is 0 Å². The smallest absolute Gasteiger partial charge is 0.274 e. The summed E-state index contributed by atoms with van der Waals surface area (Å²) in [6.45, 7) is 0.353. The second-order valence-electron chi connectivity index (χ2n) is 5.86. The quantitative estimate of drug-likeness (QED) is 0.621. The standard InChI is InChI=1S/C19H17N5OS/c20-10-16(13-4-2-1-3-5-13)23-19-22-15(18(25)24-19)8-12-6-7-14-17(9-12)26-11-21-14/h1-9,11,16H,10,20H2,(H2,22,23,24,25)/t16-/m1/s1. The topological polar surface area (TPSA) is 92.4 Å². The van der Waals surface area contributed by atoms with Crippen LogP contribution in [-0.4, -0.2) is 23.4 Å². The average molecular weight is 363 g/mol. The van der Waals surface area contributed by atoms with Crippen LogP contribution in [-0.2, 0) is 4.79 Å². The number of amides is 1. The van der Waals surface area contributed by atoms with Crippen molar-refractivity contribution in [3.8, 4) is 0 Å². The van der Waals surface area contributed by atoms with Crippen molar-refractivity contribution in [1.82, 2.24) is 15.6 Å². The van der Waals surface area contributed by atoms with Crippen LogP contribution in [0.2, 0.25) is 0 Å². The van der Waals surface area contributed by atoms with Gasteiger partial charge in [-0.25, -0.2) is 9.98 Å². The first kappa shape index (κ1) is 16.4. The van der Waals surface area contributed by atoms with E-state index in [-0.39, 0.29) is 11.9 Å². The fraction of sp³-hybridized carbons (Fsp3) is 0.105. The molecule has 130 valence electrons. The largest absolute Gasteiger partial charge is 0.328 e. The zero-order valence-corrected chi connectivity index (χ0v) is 14.7. The number of nitrogens with one attached hydrogen (secondary N) is 2. The summed E-state index contributed by atoms with van der Waals surface area (Å²) in [4.78, 5) is 21.1. The van der Waals surface area contributed by atoms with Crippen molar-refractivity contribution in [2.45, 2.75) is 6.04 Å². The molecule has 1 amide bonds. The number of aliphatic imine (C=N–C) groups is 1. The molecule has 1 aromatic heterocycles. The Morgan fingerprint density at radius 1 is 1.19 bits per heavy atom. The van der Waals surface area contributed by atoms with Crippen molar-refractivity contribution in [1.29, 1.82) is 0 Å². The summed E-state index contributed by atoms with van der Waals surface area (Å²) in [7, 11) is 0. The normalized spacial score (nSPS) is 18.3. The highest BCUT2D eigenvalue weighted by Crippen LogP contribution is 2.21. The third-order valence-corrected chi connectivity index (χ3v) is 4.88. The highest BCUT2D eigenvalue weighted by molar-refractivity contribution is 7.16. The van der Waals surface area contributed by atoms with Crippen LogP contribution >= 0.6 is 11.3 Å². The SMILES string of the molecule is NC[C@@H](N=C1NC(=O)C(=Cc2ccc3ncsc3c2)N1)c1ccccc1. The number of benzene rings is 2. The molecule has 4 rings (SSSR count). The summed E-state index contributed by atoms with van der Waals surface area (Å²) >= 11 is 1.57.